The predicted octanol–water partition coefficient (Wildman–Crippen LogP) is 4.07. The lowest BCUT2D eigenvalue weighted by Gasteiger charge is -2.32. The Hall–Kier alpha value is -6.25. The lowest BCUT2D eigenvalue weighted by molar-refractivity contribution is -0.192. The van der Waals surface area contributed by atoms with E-state index in [1.807, 2.05) is 50.0 Å². The first-order chi connectivity index (χ1) is 27.4. The maximum absolute atomic E-state index is 15.2. The molecule has 21 heteroatoms. The van der Waals surface area contributed by atoms with E-state index in [0.29, 0.717) is 41.4 Å². The Balaban J connectivity index is 0.000000743. The van der Waals surface area contributed by atoms with Crippen LogP contribution < -0.4 is 16.0 Å². The minimum Gasteiger partial charge on any atom is -0.475 e. The number of carboxylic acids is 1. The number of aromatic nitrogens is 7. The van der Waals surface area contributed by atoms with Crippen LogP contribution in [0.4, 0.5) is 23.4 Å². The summed E-state index contributed by atoms with van der Waals surface area (Å²) in [6.45, 7) is 8.40. The van der Waals surface area contributed by atoms with E-state index in [-0.39, 0.29) is 30.2 Å². The molecule has 0 radical (unpaired) electrons. The van der Waals surface area contributed by atoms with Crippen LogP contribution in [0.2, 0.25) is 0 Å². The number of carboxylic acid groups (broad SMARTS) is 1. The molecule has 1 atom stereocenters. The van der Waals surface area contributed by atoms with E-state index in [0.717, 1.165) is 50.0 Å². The molecule has 5 aromatic rings. The highest BCUT2D eigenvalue weighted by atomic mass is 19.4. The van der Waals surface area contributed by atoms with Crippen molar-refractivity contribution < 1.29 is 46.4 Å². The van der Waals surface area contributed by atoms with Crippen LogP contribution in [-0.2, 0) is 32.8 Å². The summed E-state index contributed by atoms with van der Waals surface area (Å²) in [5, 5.41) is 28.1. The van der Waals surface area contributed by atoms with E-state index in [1.165, 1.54) is 12.4 Å². The second-order valence-corrected chi connectivity index (χ2v) is 14.9. The Morgan fingerprint density at radius 2 is 1.81 bits per heavy atom. The normalized spacial score (nSPS) is 16.8. The van der Waals surface area contributed by atoms with Gasteiger partial charge in [-0.2, -0.15) is 28.4 Å². The molecule has 2 aliphatic rings. The van der Waals surface area contributed by atoms with E-state index in [1.54, 1.807) is 16.6 Å². The number of nitrogens with one attached hydrogen (secondary N) is 3. The number of hydrogen-bond donors (Lipinski definition) is 4. The summed E-state index contributed by atoms with van der Waals surface area (Å²) in [4.78, 5) is 56.0. The zero-order valence-corrected chi connectivity index (χ0v) is 31.7. The highest BCUT2D eigenvalue weighted by molar-refractivity contribution is 6.01. The van der Waals surface area contributed by atoms with Gasteiger partial charge in [0.2, 0.25) is 17.7 Å². The topological polar surface area (TPSA) is 215 Å². The molecule has 1 aromatic carbocycles. The zero-order chi connectivity index (χ0) is 41.8. The van der Waals surface area contributed by atoms with Gasteiger partial charge in [0.05, 0.1) is 17.3 Å². The maximum Gasteiger partial charge on any atom is 0.490 e. The number of nitrogens with zero attached hydrogens (tertiary/aromatic N) is 8. The monoisotopic (exact) mass is 811 g/mol. The van der Waals surface area contributed by atoms with Crippen LogP contribution in [0.3, 0.4) is 0 Å². The van der Waals surface area contributed by atoms with Crippen molar-refractivity contribution in [1.82, 2.24) is 50.1 Å². The van der Waals surface area contributed by atoms with Gasteiger partial charge >= 0.3 is 12.1 Å². The third-order valence-corrected chi connectivity index (χ3v) is 9.56. The SMILES string of the molecule is CC(C)(C)c1nc(C(=O)NCc2ccc(-c3ncnn4cc(CCN5CCC(n6ccc(NC7CCC(=O)NC7=O)n6)CC5)cc34)cc2F)no1.O=C(O)C(F)(F)F. The number of carbonyl (C=O) groups is 4. The largest absolute Gasteiger partial charge is 0.490 e. The van der Waals surface area contributed by atoms with Gasteiger partial charge in [-0.05, 0) is 43.4 Å². The van der Waals surface area contributed by atoms with Crippen molar-refractivity contribution in [2.24, 2.45) is 0 Å². The maximum atomic E-state index is 15.2. The number of benzene rings is 1. The molecule has 58 heavy (non-hydrogen) atoms. The lowest BCUT2D eigenvalue weighted by atomic mass is 9.97. The van der Waals surface area contributed by atoms with Gasteiger partial charge < -0.3 is 25.2 Å². The van der Waals surface area contributed by atoms with Gasteiger partial charge in [-0.3, -0.25) is 24.4 Å². The number of imide groups is 1. The number of hydrogen-bond acceptors (Lipinski definition) is 12. The van der Waals surface area contributed by atoms with Gasteiger partial charge in [-0.25, -0.2) is 18.7 Å². The summed E-state index contributed by atoms with van der Waals surface area (Å²) in [6, 6.07) is 8.56. The first-order valence-corrected chi connectivity index (χ1v) is 18.4. The van der Waals surface area contributed by atoms with Crippen molar-refractivity contribution >= 4 is 35.0 Å². The summed E-state index contributed by atoms with van der Waals surface area (Å²) < 4.78 is 55.9. The number of halogens is 4. The minimum atomic E-state index is -5.08. The number of anilines is 1. The van der Waals surface area contributed by atoms with Crippen molar-refractivity contribution in [3.63, 3.8) is 0 Å². The Morgan fingerprint density at radius 3 is 2.47 bits per heavy atom. The highest BCUT2D eigenvalue weighted by Crippen LogP contribution is 2.27. The molecule has 0 bridgehead atoms. The lowest BCUT2D eigenvalue weighted by Crippen LogP contribution is -2.47. The summed E-state index contributed by atoms with van der Waals surface area (Å²) in [7, 11) is 0. The molecule has 2 aliphatic heterocycles. The van der Waals surface area contributed by atoms with Crippen LogP contribution in [0.15, 0.2) is 53.6 Å². The number of rotatable bonds is 10. The van der Waals surface area contributed by atoms with Crippen molar-refractivity contribution in [2.75, 3.05) is 25.0 Å². The summed E-state index contributed by atoms with van der Waals surface area (Å²) in [5.74, 6) is -3.45. The van der Waals surface area contributed by atoms with Crippen molar-refractivity contribution in [3.8, 4) is 11.3 Å². The second-order valence-electron chi connectivity index (χ2n) is 14.9. The molecule has 0 saturated carbocycles. The standard InChI is InChI=1S/C35H40FN11O4.C2HF3O2/c1-35(2,3)34-42-31(44-51-34)33(50)37-18-23-5-4-22(17-25(23)36)30-27-16-21(19-47(27)39-20-38-30)8-12-45-13-9-24(10-14-45)46-15-11-28(43-46)40-26-6-7-29(48)41-32(26)49;3-2(4,5)1(6)7/h4-5,11,15-17,19-20,24,26H,6-10,12-14,18H2,1-3H3,(H,37,50)(H,40,43)(H,41,48,49);(H,6,7). The summed E-state index contributed by atoms with van der Waals surface area (Å²) >= 11 is 0. The van der Waals surface area contributed by atoms with E-state index in [2.05, 4.69) is 46.2 Å². The van der Waals surface area contributed by atoms with Crippen LogP contribution in [0, 0.1) is 5.82 Å². The number of carbonyl (C=O) groups excluding carboxylic acids is 3. The average molecular weight is 812 g/mol. The average Bonchev–Trinajstić information content (AvgIpc) is 3.95. The quantitative estimate of drug-likeness (QED) is 0.116. The fourth-order valence-electron chi connectivity index (χ4n) is 6.38. The molecule has 3 amide bonds. The van der Waals surface area contributed by atoms with Gasteiger partial charge in [0.15, 0.2) is 0 Å². The van der Waals surface area contributed by atoms with Gasteiger partial charge in [0, 0.05) is 67.6 Å². The predicted molar refractivity (Wildman–Crippen MR) is 197 cm³/mol. The fourth-order valence-corrected chi connectivity index (χ4v) is 6.38. The molecule has 2 saturated heterocycles. The molecule has 7 rings (SSSR count). The van der Waals surface area contributed by atoms with Gasteiger partial charge in [-0.1, -0.05) is 38.1 Å². The molecule has 308 valence electrons. The summed E-state index contributed by atoms with van der Waals surface area (Å²) in [5.41, 5.74) is 3.01. The van der Waals surface area contributed by atoms with Crippen LogP contribution in [0.25, 0.3) is 16.8 Å². The Bertz CT molecular complexity index is 2290. The van der Waals surface area contributed by atoms with Gasteiger partial charge in [0.25, 0.3) is 11.7 Å². The molecule has 6 heterocycles. The smallest absolute Gasteiger partial charge is 0.475 e. The number of likely N-dealkylation sites (tertiary alicyclic amines) is 1. The van der Waals surface area contributed by atoms with Crippen LogP contribution in [0.1, 0.15) is 80.1 Å². The molecule has 4 N–H and O–H groups in total. The molecule has 0 spiro atoms. The third-order valence-electron chi connectivity index (χ3n) is 9.56. The van der Waals surface area contributed by atoms with Crippen molar-refractivity contribution in [2.45, 2.75) is 83.1 Å². The fraction of sp³-hybridized carbons (Fsp3) is 0.432. The number of amides is 3. The first kappa shape index (κ1) is 41.4. The highest BCUT2D eigenvalue weighted by Gasteiger charge is 2.38. The molecule has 1 unspecified atom stereocenters. The molecule has 0 aliphatic carbocycles. The Kier molecular flexibility index (Phi) is 12.2. The van der Waals surface area contributed by atoms with E-state index >= 15 is 4.39 Å². The molecule has 4 aromatic heterocycles. The van der Waals surface area contributed by atoms with Gasteiger partial charge in [-0.15, -0.1) is 0 Å². The van der Waals surface area contributed by atoms with E-state index in [9.17, 15) is 27.6 Å². The van der Waals surface area contributed by atoms with Crippen LogP contribution >= 0.6 is 0 Å². The Morgan fingerprint density at radius 1 is 1.07 bits per heavy atom. The van der Waals surface area contributed by atoms with Crippen molar-refractivity contribution in [3.05, 3.63) is 77.7 Å². The number of fused-ring (bicyclic) bond motifs is 1. The van der Waals surface area contributed by atoms with Crippen molar-refractivity contribution in [1.29, 1.82) is 0 Å². The molecule has 2 fully saturated rings. The minimum absolute atomic E-state index is 0.0409. The van der Waals surface area contributed by atoms with E-state index in [4.69, 9.17) is 14.4 Å². The number of piperidine rings is 2. The third kappa shape index (κ3) is 10.2. The van der Waals surface area contributed by atoms with Crippen LogP contribution in [0.5, 0.6) is 0 Å². The molecular weight excluding hydrogens is 770 g/mol. The molecule has 17 nitrogen and oxygen atoms in total. The van der Waals surface area contributed by atoms with E-state index < -0.39 is 35.3 Å². The Labute approximate surface area is 328 Å². The number of aliphatic carboxylic acids is 1. The van der Waals surface area contributed by atoms with Gasteiger partial charge in [0.1, 0.15) is 24.0 Å². The summed E-state index contributed by atoms with van der Waals surface area (Å²) in [6.07, 6.45) is 3.80. The molecular formula is C37H41F4N11O6. The zero-order valence-electron chi connectivity index (χ0n) is 31.7. The second kappa shape index (κ2) is 17.1. The number of alkyl halides is 3. The first-order valence-electron chi connectivity index (χ1n) is 18.4. The van der Waals surface area contributed by atoms with Crippen LogP contribution in [-0.4, -0.2) is 100 Å².